The second kappa shape index (κ2) is 10.4. The van der Waals surface area contributed by atoms with Crippen molar-refractivity contribution in [3.8, 4) is 11.4 Å². The van der Waals surface area contributed by atoms with Crippen LogP contribution in [0.5, 0.6) is 0 Å². The van der Waals surface area contributed by atoms with Crippen LogP contribution in [0.15, 0.2) is 12.3 Å². The van der Waals surface area contributed by atoms with E-state index >= 15 is 0 Å². The van der Waals surface area contributed by atoms with Crippen molar-refractivity contribution in [1.29, 1.82) is 0 Å². The van der Waals surface area contributed by atoms with E-state index in [1.54, 1.807) is 4.57 Å². The molecule has 0 spiro atoms. The third kappa shape index (κ3) is 6.85. The van der Waals surface area contributed by atoms with Crippen LogP contribution in [0, 0.1) is 10.8 Å². The Bertz CT molecular complexity index is 972. The van der Waals surface area contributed by atoms with Gasteiger partial charge in [0.25, 0.3) is 0 Å². The predicted molar refractivity (Wildman–Crippen MR) is 122 cm³/mol. The summed E-state index contributed by atoms with van der Waals surface area (Å²) in [5, 5.41) is 17.8. The molecule has 0 atom stereocenters. The van der Waals surface area contributed by atoms with E-state index in [0.717, 1.165) is 6.42 Å². The summed E-state index contributed by atoms with van der Waals surface area (Å²) < 4.78 is 40.0. The Balaban J connectivity index is 0.00000129. The summed E-state index contributed by atoms with van der Waals surface area (Å²) in [4.78, 5) is 22.9. The smallest absolute Gasteiger partial charge is 0.471 e. The first kappa shape index (κ1) is 28.3. The summed E-state index contributed by atoms with van der Waals surface area (Å²) >= 11 is 0. The first-order valence-electron chi connectivity index (χ1n) is 11.1. The fraction of sp³-hybridized carbons (Fsp3) is 0.609. The van der Waals surface area contributed by atoms with E-state index in [2.05, 4.69) is 24.0 Å². The number of carboxylic acids is 1. The number of fused-ring (bicyclic) bond motifs is 3. The average Bonchev–Trinajstić information content (AvgIpc) is 3.26. The van der Waals surface area contributed by atoms with Crippen molar-refractivity contribution in [2.75, 3.05) is 5.32 Å². The molecule has 0 fully saturated rings. The number of halogens is 3. The summed E-state index contributed by atoms with van der Waals surface area (Å²) in [5.41, 5.74) is 0.876. The minimum absolute atomic E-state index is 0.0667. The molecule has 7 nitrogen and oxygen atoms in total. The van der Waals surface area contributed by atoms with Gasteiger partial charge in [-0.15, -0.1) is 0 Å². The number of nitrogens with zero attached hydrogens (tertiary/aromatic N) is 2. The van der Waals surface area contributed by atoms with Gasteiger partial charge in [0.2, 0.25) is 0 Å². The van der Waals surface area contributed by atoms with Gasteiger partial charge >= 0.3 is 18.1 Å². The van der Waals surface area contributed by atoms with E-state index < -0.39 is 18.1 Å². The monoisotopic (exact) mass is 472 g/mol. The number of nitrogens with one attached hydrogen (secondary N) is 2. The zero-order chi connectivity index (χ0) is 25.8. The van der Waals surface area contributed by atoms with Crippen LogP contribution >= 0.6 is 0 Å². The molecule has 0 aliphatic carbocycles. The third-order valence-electron chi connectivity index (χ3n) is 4.97. The van der Waals surface area contributed by atoms with Crippen molar-refractivity contribution < 1.29 is 27.9 Å². The van der Waals surface area contributed by atoms with Gasteiger partial charge in [0, 0.05) is 18.3 Å². The van der Waals surface area contributed by atoms with Crippen molar-refractivity contribution in [1.82, 2.24) is 14.8 Å². The molecule has 33 heavy (non-hydrogen) atoms. The lowest BCUT2D eigenvalue weighted by Gasteiger charge is -2.34. The van der Waals surface area contributed by atoms with Gasteiger partial charge in [-0.05, 0) is 29.7 Å². The van der Waals surface area contributed by atoms with Crippen LogP contribution in [0.2, 0.25) is 0 Å². The van der Waals surface area contributed by atoms with Crippen LogP contribution in [0.4, 0.5) is 19.0 Å². The highest BCUT2D eigenvalue weighted by molar-refractivity contribution is 5.95. The molecule has 186 valence electrons. The van der Waals surface area contributed by atoms with Gasteiger partial charge in [0.1, 0.15) is 0 Å². The van der Waals surface area contributed by atoms with E-state index in [4.69, 9.17) is 0 Å². The second-order valence-corrected chi connectivity index (χ2v) is 9.11. The lowest BCUT2D eigenvalue weighted by atomic mass is 9.72. The zero-order valence-electron chi connectivity index (χ0n) is 20.6. The van der Waals surface area contributed by atoms with Crippen LogP contribution in [0.1, 0.15) is 77.7 Å². The molecular formula is C23H35F3N4O3. The molecule has 2 aromatic rings. The van der Waals surface area contributed by atoms with E-state index in [-0.39, 0.29) is 22.2 Å². The maximum Gasteiger partial charge on any atom is 0.471 e. The van der Waals surface area contributed by atoms with Gasteiger partial charge in [-0.25, -0.2) is 4.79 Å². The summed E-state index contributed by atoms with van der Waals surface area (Å²) in [6.07, 6.45) is -2.46. The Morgan fingerprint density at radius 2 is 1.70 bits per heavy atom. The number of carbonyl (C=O) groups excluding carboxylic acids is 1. The first-order valence-corrected chi connectivity index (χ1v) is 11.1. The third-order valence-corrected chi connectivity index (χ3v) is 4.97. The van der Waals surface area contributed by atoms with E-state index in [9.17, 15) is 27.9 Å². The van der Waals surface area contributed by atoms with Crippen molar-refractivity contribution in [3.63, 3.8) is 0 Å². The van der Waals surface area contributed by atoms with Crippen LogP contribution in [-0.4, -0.2) is 37.9 Å². The first-order chi connectivity index (χ1) is 15.2. The Kier molecular flexibility index (Phi) is 8.93. The van der Waals surface area contributed by atoms with E-state index in [0.29, 0.717) is 29.9 Å². The fourth-order valence-electron chi connectivity index (χ4n) is 4.35. The minimum atomic E-state index is -5.04. The number of rotatable bonds is 2. The molecule has 3 heterocycles. The SMILES string of the molecule is CC.CC.CC1(C)Cc2c(NC(=O)C(F)(F)F)n[nH]c2-c2cc(C(=O)O)cn2CC(C)(C)C1. The van der Waals surface area contributed by atoms with Gasteiger partial charge in [-0.1, -0.05) is 55.4 Å². The Morgan fingerprint density at radius 3 is 2.21 bits per heavy atom. The number of carboxylic acid groups (broad SMARTS) is 1. The van der Waals surface area contributed by atoms with Crippen molar-refractivity contribution >= 4 is 17.7 Å². The van der Waals surface area contributed by atoms with Gasteiger partial charge < -0.3 is 15.0 Å². The molecule has 0 saturated heterocycles. The molecule has 0 radical (unpaired) electrons. The van der Waals surface area contributed by atoms with Crippen molar-refractivity contribution in [2.24, 2.45) is 10.8 Å². The second-order valence-electron chi connectivity index (χ2n) is 9.11. The van der Waals surface area contributed by atoms with Crippen molar-refractivity contribution in [2.45, 2.75) is 81.0 Å². The van der Waals surface area contributed by atoms with Crippen molar-refractivity contribution in [3.05, 3.63) is 23.4 Å². The number of aromatic carboxylic acids is 1. The maximum atomic E-state index is 12.7. The highest BCUT2D eigenvalue weighted by Gasteiger charge is 2.41. The summed E-state index contributed by atoms with van der Waals surface area (Å²) in [6.45, 7) is 16.6. The van der Waals surface area contributed by atoms with Gasteiger partial charge in [-0.3, -0.25) is 9.89 Å². The number of anilines is 1. The quantitative estimate of drug-likeness (QED) is 0.490. The Morgan fingerprint density at radius 1 is 1.12 bits per heavy atom. The Hall–Kier alpha value is -2.78. The molecule has 0 saturated carbocycles. The van der Waals surface area contributed by atoms with Crippen LogP contribution in [0.25, 0.3) is 11.4 Å². The van der Waals surface area contributed by atoms with Gasteiger partial charge in [0.05, 0.1) is 17.0 Å². The van der Waals surface area contributed by atoms with Crippen LogP contribution in [0.3, 0.4) is 0 Å². The number of H-pyrrole nitrogens is 1. The predicted octanol–water partition coefficient (Wildman–Crippen LogP) is 6.13. The number of aromatic nitrogens is 3. The summed E-state index contributed by atoms with van der Waals surface area (Å²) in [7, 11) is 0. The fourth-order valence-corrected chi connectivity index (χ4v) is 4.35. The number of hydrogen-bond donors (Lipinski definition) is 3. The molecule has 1 amide bonds. The summed E-state index contributed by atoms with van der Waals surface area (Å²) in [6, 6.07) is 1.46. The molecule has 3 rings (SSSR count). The van der Waals surface area contributed by atoms with E-state index in [1.807, 2.05) is 46.9 Å². The normalized spacial score (nSPS) is 16.2. The topological polar surface area (TPSA) is 100 Å². The van der Waals surface area contributed by atoms with Gasteiger partial charge in [-0.2, -0.15) is 18.3 Å². The highest BCUT2D eigenvalue weighted by atomic mass is 19.4. The molecule has 0 unspecified atom stereocenters. The molecule has 10 heteroatoms. The molecule has 2 aromatic heterocycles. The number of aromatic amines is 1. The van der Waals surface area contributed by atoms with Crippen LogP contribution in [-0.2, 0) is 17.8 Å². The number of carbonyl (C=O) groups is 2. The maximum absolute atomic E-state index is 12.7. The van der Waals surface area contributed by atoms with Gasteiger partial charge in [0.15, 0.2) is 5.82 Å². The molecule has 1 aliphatic rings. The number of alkyl halides is 3. The standard InChI is InChI=1S/C19H23F3N4O3.2C2H6/c1-17(2)6-11-13(24-25-14(11)23-16(29)19(20,21)22)12-5-10(15(27)28)7-26(12)9-18(3,4)8-17;2*1-2/h5,7H,6,8-9H2,1-4H3,(H,27,28)(H2,23,24,25,29);2*1-2H3. The lowest BCUT2D eigenvalue weighted by Crippen LogP contribution is -2.31. The average molecular weight is 473 g/mol. The zero-order valence-corrected chi connectivity index (χ0v) is 20.6. The highest BCUT2D eigenvalue weighted by Crippen LogP contribution is 2.43. The lowest BCUT2D eigenvalue weighted by molar-refractivity contribution is -0.167. The number of amides is 1. The van der Waals surface area contributed by atoms with E-state index in [1.165, 1.54) is 12.3 Å². The summed E-state index contributed by atoms with van der Waals surface area (Å²) in [5.74, 6) is -3.40. The number of hydrogen-bond acceptors (Lipinski definition) is 3. The molecule has 0 bridgehead atoms. The Labute approximate surface area is 192 Å². The minimum Gasteiger partial charge on any atom is -0.478 e. The molecular weight excluding hydrogens is 437 g/mol. The molecule has 3 N–H and O–H groups in total. The molecule has 1 aliphatic heterocycles. The molecule has 0 aromatic carbocycles. The largest absolute Gasteiger partial charge is 0.478 e. The van der Waals surface area contributed by atoms with Crippen LogP contribution < -0.4 is 5.32 Å².